The van der Waals surface area contributed by atoms with Gasteiger partial charge in [0.1, 0.15) is 0 Å². The molecule has 0 bridgehead atoms. The van der Waals surface area contributed by atoms with Gasteiger partial charge >= 0.3 is 11.9 Å². The molecular weight excluding hydrogens is 280 g/mol. The van der Waals surface area contributed by atoms with Crippen LogP contribution < -0.4 is 0 Å². The first kappa shape index (κ1) is 20.9. The molecule has 0 rings (SSSR count). The van der Waals surface area contributed by atoms with Crippen LogP contribution in [-0.4, -0.2) is 22.2 Å². The second kappa shape index (κ2) is 9.86. The first-order valence-electron chi connectivity index (χ1n) is 8.68. The van der Waals surface area contributed by atoms with E-state index in [1.54, 1.807) is 13.8 Å². The van der Waals surface area contributed by atoms with E-state index in [4.69, 9.17) is 5.11 Å². The zero-order chi connectivity index (χ0) is 17.2. The van der Waals surface area contributed by atoms with E-state index in [9.17, 15) is 14.7 Å². The summed E-state index contributed by atoms with van der Waals surface area (Å²) in [5.41, 5.74) is -1.34. The van der Waals surface area contributed by atoms with Gasteiger partial charge in [0.25, 0.3) is 0 Å². The third-order valence-electron chi connectivity index (χ3n) is 4.76. The van der Waals surface area contributed by atoms with Crippen LogP contribution >= 0.6 is 0 Å². The molecule has 0 aromatic carbocycles. The average molecular weight is 314 g/mol. The smallest absolute Gasteiger partial charge is 0.309 e. The molecule has 0 atom stereocenters. The highest BCUT2D eigenvalue weighted by atomic mass is 16.4. The van der Waals surface area contributed by atoms with Crippen molar-refractivity contribution >= 4 is 11.9 Å². The van der Waals surface area contributed by atoms with Crippen molar-refractivity contribution in [3.63, 3.8) is 0 Å². The van der Waals surface area contributed by atoms with Crippen LogP contribution in [0.5, 0.6) is 0 Å². The minimum absolute atomic E-state index is 0.597. The third kappa shape index (κ3) is 6.80. The molecule has 22 heavy (non-hydrogen) atoms. The Balaban J connectivity index is 4.62. The number of carboxylic acids is 2. The zero-order valence-electron chi connectivity index (χ0n) is 14.8. The summed E-state index contributed by atoms with van der Waals surface area (Å²) < 4.78 is 0. The monoisotopic (exact) mass is 314 g/mol. The molecule has 0 aromatic rings. The molecule has 0 heterocycles. The van der Waals surface area contributed by atoms with Crippen LogP contribution in [0.15, 0.2) is 0 Å². The van der Waals surface area contributed by atoms with Gasteiger partial charge in [-0.05, 0) is 39.5 Å². The number of unbranched alkanes of at least 4 members (excludes halogenated alkanes) is 3. The van der Waals surface area contributed by atoms with Crippen LogP contribution in [0.1, 0.15) is 91.9 Å². The van der Waals surface area contributed by atoms with Crippen LogP contribution in [0.2, 0.25) is 0 Å². The lowest BCUT2D eigenvalue weighted by atomic mass is 9.74. The van der Waals surface area contributed by atoms with Crippen molar-refractivity contribution in [2.45, 2.75) is 91.9 Å². The lowest BCUT2D eigenvalue weighted by Crippen LogP contribution is -2.31. The molecule has 0 aliphatic carbocycles. The third-order valence-corrected chi connectivity index (χ3v) is 4.76. The lowest BCUT2D eigenvalue weighted by molar-refractivity contribution is -0.151. The van der Waals surface area contributed by atoms with Crippen LogP contribution in [0.25, 0.3) is 0 Å². The van der Waals surface area contributed by atoms with Gasteiger partial charge in [-0.1, -0.05) is 52.4 Å². The summed E-state index contributed by atoms with van der Waals surface area (Å²) in [4.78, 5) is 22.9. The summed E-state index contributed by atoms with van der Waals surface area (Å²) in [5, 5.41) is 18.9. The fraction of sp³-hybridized carbons (Fsp3) is 0.889. The standard InChI is InChI=1S/C18H34O4/c1-5-7-12-18(16(21)22,13-8-6-2)14-10-9-11-17(3,4)15(19)20/h5-14H2,1-4H3,(H,19,20)(H,21,22). The molecule has 0 saturated carbocycles. The highest BCUT2D eigenvalue weighted by Gasteiger charge is 2.36. The Morgan fingerprint density at radius 2 is 1.14 bits per heavy atom. The Hall–Kier alpha value is -1.06. The molecule has 2 N–H and O–H groups in total. The van der Waals surface area contributed by atoms with Crippen molar-refractivity contribution < 1.29 is 19.8 Å². The normalized spacial score (nSPS) is 12.4. The molecular formula is C18H34O4. The highest BCUT2D eigenvalue weighted by molar-refractivity contribution is 5.74. The maximum absolute atomic E-state index is 11.8. The molecule has 0 fully saturated rings. The molecule has 0 radical (unpaired) electrons. The van der Waals surface area contributed by atoms with E-state index in [0.29, 0.717) is 12.8 Å². The Labute approximate surface area is 135 Å². The van der Waals surface area contributed by atoms with E-state index in [0.717, 1.165) is 51.4 Å². The fourth-order valence-electron chi connectivity index (χ4n) is 2.86. The second-order valence-corrected chi connectivity index (χ2v) is 7.19. The van der Waals surface area contributed by atoms with Crippen molar-refractivity contribution in [1.29, 1.82) is 0 Å². The summed E-state index contributed by atoms with van der Waals surface area (Å²) in [7, 11) is 0. The van der Waals surface area contributed by atoms with E-state index < -0.39 is 22.8 Å². The zero-order valence-corrected chi connectivity index (χ0v) is 14.8. The summed E-state index contributed by atoms with van der Waals surface area (Å²) in [5.74, 6) is -1.46. The first-order valence-corrected chi connectivity index (χ1v) is 8.68. The van der Waals surface area contributed by atoms with Gasteiger partial charge in [-0.2, -0.15) is 0 Å². The van der Waals surface area contributed by atoms with Gasteiger partial charge in [-0.25, -0.2) is 0 Å². The SMILES string of the molecule is CCCCC(CCCC)(CCCCC(C)(C)C(=O)O)C(=O)O. The van der Waals surface area contributed by atoms with Crippen molar-refractivity contribution in [2.75, 3.05) is 0 Å². The minimum Gasteiger partial charge on any atom is -0.481 e. The molecule has 0 amide bonds. The fourth-order valence-corrected chi connectivity index (χ4v) is 2.86. The Kier molecular flexibility index (Phi) is 9.38. The molecule has 4 nitrogen and oxygen atoms in total. The van der Waals surface area contributed by atoms with Gasteiger partial charge in [0.15, 0.2) is 0 Å². The van der Waals surface area contributed by atoms with Crippen LogP contribution in [0.3, 0.4) is 0 Å². The van der Waals surface area contributed by atoms with Gasteiger partial charge in [0.2, 0.25) is 0 Å². The minimum atomic E-state index is -0.783. The van der Waals surface area contributed by atoms with Crippen molar-refractivity contribution in [3.8, 4) is 0 Å². The van der Waals surface area contributed by atoms with Crippen molar-refractivity contribution in [1.82, 2.24) is 0 Å². The summed E-state index contributed by atoms with van der Waals surface area (Å²) in [6, 6.07) is 0. The highest BCUT2D eigenvalue weighted by Crippen LogP contribution is 2.38. The molecule has 0 aromatic heterocycles. The molecule has 0 aliphatic heterocycles. The van der Waals surface area contributed by atoms with Gasteiger partial charge in [-0.15, -0.1) is 0 Å². The van der Waals surface area contributed by atoms with Crippen LogP contribution in [0.4, 0.5) is 0 Å². The average Bonchev–Trinajstić information content (AvgIpc) is 2.45. The lowest BCUT2D eigenvalue weighted by Gasteiger charge is -2.30. The van der Waals surface area contributed by atoms with Gasteiger partial charge in [0.05, 0.1) is 10.8 Å². The van der Waals surface area contributed by atoms with Gasteiger partial charge in [0, 0.05) is 0 Å². The summed E-state index contributed by atoms with van der Waals surface area (Å²) >= 11 is 0. The van der Waals surface area contributed by atoms with E-state index >= 15 is 0 Å². The largest absolute Gasteiger partial charge is 0.481 e. The Bertz CT molecular complexity index is 339. The molecule has 0 aliphatic rings. The van der Waals surface area contributed by atoms with Crippen LogP contribution in [-0.2, 0) is 9.59 Å². The number of carbonyl (C=O) groups is 2. The number of rotatable bonds is 13. The van der Waals surface area contributed by atoms with Crippen LogP contribution in [0, 0.1) is 10.8 Å². The summed E-state index contributed by atoms with van der Waals surface area (Å²) in [6.45, 7) is 7.63. The quantitative estimate of drug-likeness (QED) is 0.463. The van der Waals surface area contributed by atoms with Crippen molar-refractivity contribution in [2.24, 2.45) is 10.8 Å². The van der Waals surface area contributed by atoms with Gasteiger partial charge < -0.3 is 10.2 Å². The Morgan fingerprint density at radius 3 is 1.50 bits per heavy atom. The Morgan fingerprint density at radius 1 is 0.727 bits per heavy atom. The van der Waals surface area contributed by atoms with Crippen molar-refractivity contribution in [3.05, 3.63) is 0 Å². The first-order chi connectivity index (χ1) is 10.2. The number of hydrogen-bond donors (Lipinski definition) is 2. The molecule has 4 heteroatoms. The predicted octanol–water partition coefficient (Wildman–Crippen LogP) is 5.11. The van der Waals surface area contributed by atoms with Gasteiger partial charge in [-0.3, -0.25) is 9.59 Å². The molecule has 130 valence electrons. The second-order valence-electron chi connectivity index (χ2n) is 7.19. The predicted molar refractivity (Wildman–Crippen MR) is 89.0 cm³/mol. The van der Waals surface area contributed by atoms with E-state index in [1.807, 2.05) is 0 Å². The molecule has 0 spiro atoms. The topological polar surface area (TPSA) is 74.6 Å². The van der Waals surface area contributed by atoms with E-state index in [-0.39, 0.29) is 0 Å². The molecule has 0 unspecified atom stereocenters. The number of aliphatic carboxylic acids is 2. The maximum atomic E-state index is 11.8. The summed E-state index contributed by atoms with van der Waals surface area (Å²) in [6.07, 6.45) is 8.19. The number of hydrogen-bond acceptors (Lipinski definition) is 2. The van der Waals surface area contributed by atoms with E-state index in [1.165, 1.54) is 0 Å². The van der Waals surface area contributed by atoms with E-state index in [2.05, 4.69) is 13.8 Å². The number of carboxylic acid groups (broad SMARTS) is 2. The maximum Gasteiger partial charge on any atom is 0.309 e. The molecule has 0 saturated heterocycles.